The molecule has 1 amide bonds. The van der Waals surface area contributed by atoms with Gasteiger partial charge in [0.2, 0.25) is 0 Å². The number of halogens is 1. The van der Waals surface area contributed by atoms with E-state index < -0.39 is 0 Å². The van der Waals surface area contributed by atoms with Gasteiger partial charge in [-0.1, -0.05) is 18.5 Å². The van der Waals surface area contributed by atoms with E-state index in [-0.39, 0.29) is 5.91 Å². The predicted molar refractivity (Wildman–Crippen MR) is 83.4 cm³/mol. The summed E-state index contributed by atoms with van der Waals surface area (Å²) in [5.41, 5.74) is 0.496. The number of pyridine rings is 1. The topological polar surface area (TPSA) is 54.0 Å². The Kier molecular flexibility index (Phi) is 7.67. The van der Waals surface area contributed by atoms with Gasteiger partial charge in [0.25, 0.3) is 5.91 Å². The predicted octanol–water partition coefficient (Wildman–Crippen LogP) is 3.04. The Morgan fingerprint density at radius 2 is 2.26 bits per heavy atom. The maximum atomic E-state index is 11.8. The van der Waals surface area contributed by atoms with Crippen molar-refractivity contribution in [2.45, 2.75) is 19.8 Å². The van der Waals surface area contributed by atoms with Gasteiger partial charge < -0.3 is 10.6 Å². The monoisotopic (exact) mass is 301 g/mol. The van der Waals surface area contributed by atoms with Gasteiger partial charge in [-0.2, -0.15) is 11.8 Å². The Hall–Kier alpha value is -0.940. The molecule has 19 heavy (non-hydrogen) atoms. The summed E-state index contributed by atoms with van der Waals surface area (Å²) in [6.07, 6.45) is 5.56. The Bertz CT molecular complexity index is 415. The van der Waals surface area contributed by atoms with Crippen molar-refractivity contribution in [1.29, 1.82) is 0 Å². The minimum atomic E-state index is -0.127. The number of rotatable bonds is 8. The summed E-state index contributed by atoms with van der Waals surface area (Å²) >= 11 is 7.85. The van der Waals surface area contributed by atoms with E-state index in [9.17, 15) is 4.79 Å². The van der Waals surface area contributed by atoms with Crippen molar-refractivity contribution in [2.24, 2.45) is 0 Å². The van der Waals surface area contributed by atoms with Crippen molar-refractivity contribution in [1.82, 2.24) is 10.3 Å². The van der Waals surface area contributed by atoms with E-state index in [4.69, 9.17) is 11.6 Å². The molecule has 4 nitrogen and oxygen atoms in total. The summed E-state index contributed by atoms with van der Waals surface area (Å²) in [7, 11) is 0. The van der Waals surface area contributed by atoms with Crippen molar-refractivity contribution >= 4 is 35.1 Å². The molecule has 0 aliphatic carbocycles. The fourth-order valence-electron chi connectivity index (χ4n) is 1.46. The number of nitrogens with zero attached hydrogens (tertiary/aromatic N) is 1. The lowest BCUT2D eigenvalue weighted by Gasteiger charge is -2.08. The van der Waals surface area contributed by atoms with Crippen LogP contribution in [0.5, 0.6) is 0 Å². The molecule has 1 rings (SSSR count). The first kappa shape index (κ1) is 16.1. The zero-order valence-corrected chi connectivity index (χ0v) is 12.9. The fourth-order valence-corrected chi connectivity index (χ4v) is 2.12. The summed E-state index contributed by atoms with van der Waals surface area (Å²) < 4.78 is 0. The molecular formula is C13H20ClN3OS. The number of amides is 1. The van der Waals surface area contributed by atoms with Crippen LogP contribution in [-0.2, 0) is 0 Å². The highest BCUT2D eigenvalue weighted by Gasteiger charge is 2.09. The maximum absolute atomic E-state index is 11.8. The Morgan fingerprint density at radius 1 is 1.47 bits per heavy atom. The van der Waals surface area contributed by atoms with Crippen LogP contribution in [0.3, 0.4) is 0 Å². The average molecular weight is 302 g/mol. The van der Waals surface area contributed by atoms with E-state index >= 15 is 0 Å². The zero-order chi connectivity index (χ0) is 14.1. The molecule has 0 unspecified atom stereocenters. The van der Waals surface area contributed by atoms with Crippen LogP contribution < -0.4 is 10.6 Å². The van der Waals surface area contributed by atoms with Crippen molar-refractivity contribution in [3.05, 3.63) is 22.8 Å². The molecule has 1 heterocycles. The summed E-state index contributed by atoms with van der Waals surface area (Å²) in [5, 5.41) is 6.44. The first-order valence-electron chi connectivity index (χ1n) is 6.35. The summed E-state index contributed by atoms with van der Waals surface area (Å²) in [6.45, 7) is 3.55. The lowest BCUT2D eigenvalue weighted by atomic mass is 10.2. The average Bonchev–Trinajstić information content (AvgIpc) is 2.42. The summed E-state index contributed by atoms with van der Waals surface area (Å²) in [6, 6.07) is 1.65. The molecule has 0 aliphatic rings. The van der Waals surface area contributed by atoms with Crippen LogP contribution in [0, 0.1) is 0 Å². The molecule has 0 fully saturated rings. The molecule has 2 N–H and O–H groups in total. The summed E-state index contributed by atoms with van der Waals surface area (Å²) in [5.74, 6) is 1.54. The highest BCUT2D eigenvalue weighted by Crippen LogP contribution is 2.19. The minimum Gasteiger partial charge on any atom is -0.369 e. The van der Waals surface area contributed by atoms with Crippen molar-refractivity contribution in [3.8, 4) is 0 Å². The number of thioether (sulfide) groups is 1. The third kappa shape index (κ3) is 5.70. The standard InChI is InChI=1S/C13H20ClN3OS/c1-3-5-15-12-11(14)8-10(9-17-12)13(18)16-6-4-7-19-2/h8-9H,3-7H2,1-2H3,(H,15,17)(H,16,18). The summed E-state index contributed by atoms with van der Waals surface area (Å²) in [4.78, 5) is 16.0. The number of aromatic nitrogens is 1. The highest BCUT2D eigenvalue weighted by atomic mass is 35.5. The van der Waals surface area contributed by atoms with Gasteiger partial charge in [-0.3, -0.25) is 4.79 Å². The van der Waals surface area contributed by atoms with Crippen LogP contribution in [0.2, 0.25) is 5.02 Å². The quantitative estimate of drug-likeness (QED) is 0.725. The van der Waals surface area contributed by atoms with Gasteiger partial charge >= 0.3 is 0 Å². The first-order valence-corrected chi connectivity index (χ1v) is 8.12. The molecule has 0 saturated carbocycles. The molecule has 106 valence electrons. The lowest BCUT2D eigenvalue weighted by Crippen LogP contribution is -2.25. The molecular weight excluding hydrogens is 282 g/mol. The van der Waals surface area contributed by atoms with Crippen LogP contribution in [0.4, 0.5) is 5.82 Å². The second kappa shape index (κ2) is 9.04. The molecule has 1 aromatic heterocycles. The number of carbonyl (C=O) groups excluding carboxylic acids is 1. The molecule has 0 atom stereocenters. The Balaban J connectivity index is 2.54. The van der Waals surface area contributed by atoms with E-state index in [2.05, 4.69) is 22.5 Å². The molecule has 0 aliphatic heterocycles. The second-order valence-corrected chi connectivity index (χ2v) is 5.48. The van der Waals surface area contributed by atoms with Gasteiger partial charge in [0.1, 0.15) is 5.82 Å². The van der Waals surface area contributed by atoms with Gasteiger partial charge in [-0.25, -0.2) is 4.98 Å². The third-order valence-electron chi connectivity index (χ3n) is 2.46. The molecule has 0 spiro atoms. The number of carbonyl (C=O) groups is 1. The third-order valence-corrected chi connectivity index (χ3v) is 3.44. The van der Waals surface area contributed by atoms with Crippen molar-refractivity contribution in [3.63, 3.8) is 0 Å². The zero-order valence-electron chi connectivity index (χ0n) is 11.3. The molecule has 0 bridgehead atoms. The molecule has 6 heteroatoms. The Labute approximate surface area is 123 Å². The van der Waals surface area contributed by atoms with Crippen molar-refractivity contribution in [2.75, 3.05) is 30.4 Å². The number of hydrogen-bond donors (Lipinski definition) is 2. The van der Waals surface area contributed by atoms with Crippen LogP contribution in [0.15, 0.2) is 12.3 Å². The number of anilines is 1. The van der Waals surface area contributed by atoms with Crippen molar-refractivity contribution < 1.29 is 4.79 Å². The van der Waals surface area contributed by atoms with Gasteiger partial charge in [-0.05, 0) is 30.9 Å². The normalized spacial score (nSPS) is 10.3. The minimum absolute atomic E-state index is 0.127. The highest BCUT2D eigenvalue weighted by molar-refractivity contribution is 7.98. The maximum Gasteiger partial charge on any atom is 0.252 e. The van der Waals surface area contributed by atoms with Crippen LogP contribution in [0.25, 0.3) is 0 Å². The molecule has 0 aromatic carbocycles. The molecule has 0 saturated heterocycles. The SMILES string of the molecule is CCCNc1ncc(C(=O)NCCCSC)cc1Cl. The van der Waals surface area contributed by atoms with Gasteiger partial charge in [0.15, 0.2) is 0 Å². The van der Waals surface area contributed by atoms with Crippen LogP contribution in [0.1, 0.15) is 30.1 Å². The van der Waals surface area contributed by atoms with E-state index in [1.54, 1.807) is 24.0 Å². The first-order chi connectivity index (χ1) is 9.19. The largest absolute Gasteiger partial charge is 0.369 e. The fraction of sp³-hybridized carbons (Fsp3) is 0.538. The molecule has 1 aromatic rings. The number of hydrogen-bond acceptors (Lipinski definition) is 4. The number of nitrogens with one attached hydrogen (secondary N) is 2. The van der Waals surface area contributed by atoms with Gasteiger partial charge in [0.05, 0.1) is 10.6 Å². The molecule has 0 radical (unpaired) electrons. The van der Waals surface area contributed by atoms with Crippen LogP contribution in [-0.4, -0.2) is 36.0 Å². The van der Waals surface area contributed by atoms with Gasteiger partial charge in [-0.15, -0.1) is 0 Å². The Morgan fingerprint density at radius 3 is 2.89 bits per heavy atom. The van der Waals surface area contributed by atoms with E-state index in [0.717, 1.165) is 25.1 Å². The van der Waals surface area contributed by atoms with Gasteiger partial charge in [0, 0.05) is 19.3 Å². The smallest absolute Gasteiger partial charge is 0.252 e. The second-order valence-electron chi connectivity index (χ2n) is 4.08. The lowest BCUT2D eigenvalue weighted by molar-refractivity contribution is 0.0953. The van der Waals surface area contributed by atoms with E-state index in [1.807, 2.05) is 6.26 Å². The van der Waals surface area contributed by atoms with Crippen LogP contribution >= 0.6 is 23.4 Å². The van der Waals surface area contributed by atoms with E-state index in [1.165, 1.54) is 0 Å². The van der Waals surface area contributed by atoms with E-state index in [0.29, 0.717) is 22.9 Å².